The molecule has 3 rings (SSSR count). The molecule has 11 heteroatoms. The molecule has 0 aliphatic carbocycles. The molecule has 1 N–H and O–H groups in total. The maximum atomic E-state index is 12.9. The first-order valence-electron chi connectivity index (χ1n) is 11.8. The maximum absolute atomic E-state index is 12.9. The molecule has 35 heavy (non-hydrogen) atoms. The lowest BCUT2D eigenvalue weighted by Crippen LogP contribution is -2.48. The normalized spacial score (nSPS) is 20.3. The molecule has 1 aromatic heterocycles. The van der Waals surface area contributed by atoms with Gasteiger partial charge < -0.3 is 29.1 Å². The molecule has 2 bridgehead atoms. The lowest BCUT2D eigenvalue weighted by molar-refractivity contribution is -0.136. The molecular formula is C24H35N5O6. The van der Waals surface area contributed by atoms with Crippen LogP contribution in [0.4, 0.5) is 4.79 Å². The van der Waals surface area contributed by atoms with Gasteiger partial charge in [0.05, 0.1) is 45.2 Å². The van der Waals surface area contributed by atoms with Crippen LogP contribution in [-0.2, 0) is 22.7 Å². The first kappa shape index (κ1) is 26.4. The Hall–Kier alpha value is -3.18. The summed E-state index contributed by atoms with van der Waals surface area (Å²) in [6, 6.07) is 6.41. The predicted octanol–water partition coefficient (Wildman–Crippen LogP) is 1.94. The molecule has 11 nitrogen and oxygen atoms in total. The fraction of sp³-hybridized carbons (Fsp3) is 0.583. The number of ether oxygens (including phenoxy) is 3. The second kappa shape index (κ2) is 12.5. The Morgan fingerprint density at radius 3 is 2.71 bits per heavy atom. The van der Waals surface area contributed by atoms with Gasteiger partial charge in [0.15, 0.2) is 0 Å². The summed E-state index contributed by atoms with van der Waals surface area (Å²) < 4.78 is 18.5. The van der Waals surface area contributed by atoms with Gasteiger partial charge in [0, 0.05) is 32.5 Å². The number of carbonyl (C=O) groups excluding carboxylic acids is 2. The van der Waals surface area contributed by atoms with Crippen molar-refractivity contribution < 1.29 is 28.9 Å². The third-order valence-corrected chi connectivity index (χ3v) is 6.08. The Kier molecular flexibility index (Phi) is 9.44. The molecular weight excluding hydrogens is 454 g/mol. The van der Waals surface area contributed by atoms with Crippen molar-refractivity contribution in [1.29, 1.82) is 0 Å². The van der Waals surface area contributed by atoms with Gasteiger partial charge in [-0.25, -0.2) is 4.79 Å². The summed E-state index contributed by atoms with van der Waals surface area (Å²) in [5.74, 6) is 0.887. The number of carbonyl (C=O) groups is 2. The molecule has 0 radical (unpaired) electrons. The molecule has 0 saturated heterocycles. The highest BCUT2D eigenvalue weighted by atomic mass is 16.6. The van der Waals surface area contributed by atoms with Crippen molar-refractivity contribution >= 4 is 12.0 Å². The molecule has 1 aromatic carbocycles. The van der Waals surface area contributed by atoms with E-state index >= 15 is 0 Å². The Bertz CT molecular complexity index is 966. The van der Waals surface area contributed by atoms with E-state index in [-0.39, 0.29) is 37.6 Å². The molecule has 2 heterocycles. The van der Waals surface area contributed by atoms with Crippen molar-refractivity contribution in [3.05, 3.63) is 36.2 Å². The molecule has 3 atom stereocenters. The van der Waals surface area contributed by atoms with Crippen LogP contribution in [0.25, 0.3) is 0 Å². The molecule has 0 unspecified atom stereocenters. The molecule has 2 amide bonds. The minimum absolute atomic E-state index is 0.0380. The zero-order valence-electron chi connectivity index (χ0n) is 20.8. The molecule has 0 spiro atoms. The monoisotopic (exact) mass is 489 g/mol. The zero-order chi connectivity index (χ0) is 25.4. The summed E-state index contributed by atoms with van der Waals surface area (Å²) in [6.07, 6.45) is 1.81. The van der Waals surface area contributed by atoms with Gasteiger partial charge in [0.1, 0.15) is 17.2 Å². The van der Waals surface area contributed by atoms with E-state index in [4.69, 9.17) is 14.2 Å². The number of hydrogen-bond donors (Lipinski definition) is 1. The van der Waals surface area contributed by atoms with E-state index in [1.165, 1.54) is 4.90 Å². The van der Waals surface area contributed by atoms with Gasteiger partial charge >= 0.3 is 6.09 Å². The average molecular weight is 490 g/mol. The fourth-order valence-electron chi connectivity index (χ4n) is 3.86. The predicted molar refractivity (Wildman–Crippen MR) is 127 cm³/mol. The lowest BCUT2D eigenvalue weighted by Gasteiger charge is -2.35. The second-order valence-electron chi connectivity index (χ2n) is 8.90. The molecule has 2 aromatic rings. The molecule has 192 valence electrons. The number of aromatic nitrogens is 3. The van der Waals surface area contributed by atoms with E-state index in [2.05, 4.69) is 10.3 Å². The maximum Gasteiger partial charge on any atom is 0.415 e. The topological polar surface area (TPSA) is 119 Å². The van der Waals surface area contributed by atoms with Crippen LogP contribution in [-0.4, -0.2) is 87.9 Å². The van der Waals surface area contributed by atoms with Gasteiger partial charge in [-0.05, 0) is 37.6 Å². The van der Waals surface area contributed by atoms with Crippen molar-refractivity contribution in [3.63, 3.8) is 0 Å². The van der Waals surface area contributed by atoms with E-state index in [1.54, 1.807) is 54.2 Å². The van der Waals surface area contributed by atoms with Crippen LogP contribution in [0, 0.1) is 5.92 Å². The Morgan fingerprint density at radius 2 is 2.03 bits per heavy atom. The van der Waals surface area contributed by atoms with Crippen LogP contribution in [0.15, 0.2) is 30.5 Å². The van der Waals surface area contributed by atoms with Gasteiger partial charge in [-0.3, -0.25) is 9.48 Å². The number of aryl methyl sites for hydroxylation is 1. The van der Waals surface area contributed by atoms with E-state index in [9.17, 15) is 14.7 Å². The Morgan fingerprint density at radius 1 is 1.31 bits per heavy atom. The minimum Gasteiger partial charge on any atom is -0.497 e. The smallest absolute Gasteiger partial charge is 0.415 e. The number of likely N-dealkylation sites (N-methyl/N-ethyl adjacent to an activating group) is 1. The number of hydrogen-bond acceptors (Lipinski definition) is 8. The third kappa shape index (κ3) is 7.40. The Labute approximate surface area is 205 Å². The van der Waals surface area contributed by atoms with E-state index in [0.29, 0.717) is 43.1 Å². The highest BCUT2D eigenvalue weighted by molar-refractivity contribution is 5.76. The van der Waals surface area contributed by atoms with Gasteiger partial charge in [-0.15, -0.1) is 5.10 Å². The van der Waals surface area contributed by atoms with Crippen molar-refractivity contribution in [2.45, 2.75) is 52.0 Å². The number of amides is 2. The molecule has 0 fully saturated rings. The number of aliphatic hydroxyl groups is 1. The van der Waals surface area contributed by atoms with Gasteiger partial charge in [0.2, 0.25) is 5.91 Å². The summed E-state index contributed by atoms with van der Waals surface area (Å²) in [4.78, 5) is 28.8. The van der Waals surface area contributed by atoms with Gasteiger partial charge in [0.25, 0.3) is 0 Å². The van der Waals surface area contributed by atoms with Gasteiger partial charge in [-0.1, -0.05) is 12.1 Å². The van der Waals surface area contributed by atoms with E-state index < -0.39 is 12.2 Å². The van der Waals surface area contributed by atoms with E-state index in [0.717, 1.165) is 0 Å². The number of benzene rings is 1. The van der Waals surface area contributed by atoms with Crippen LogP contribution < -0.4 is 9.47 Å². The van der Waals surface area contributed by atoms with Gasteiger partial charge in [-0.2, -0.15) is 0 Å². The van der Waals surface area contributed by atoms with Crippen molar-refractivity contribution in [3.8, 4) is 11.5 Å². The highest BCUT2D eigenvalue weighted by Gasteiger charge is 2.29. The van der Waals surface area contributed by atoms with Crippen molar-refractivity contribution in [2.75, 3.05) is 33.9 Å². The Balaban J connectivity index is 1.73. The van der Waals surface area contributed by atoms with Crippen LogP contribution in [0.2, 0.25) is 0 Å². The second-order valence-corrected chi connectivity index (χ2v) is 8.90. The first-order valence-corrected chi connectivity index (χ1v) is 11.8. The standard InChI is InChI=1S/C24H35N5O6/c1-17-12-29(18(2)15-30)23(31)6-5-11-28-13-19(25-26-28)16-34-22(17)14-27(3)24(32)35-21-9-7-20(33-4)8-10-21/h7-10,13,17-18,22,30H,5-6,11-12,14-16H2,1-4H3/t17-,18+,22+/m1/s1. The summed E-state index contributed by atoms with van der Waals surface area (Å²) in [7, 11) is 3.20. The number of methoxy groups -OCH3 is 1. The van der Waals surface area contributed by atoms with E-state index in [1.807, 2.05) is 13.8 Å². The quantitative estimate of drug-likeness (QED) is 0.654. The summed E-state index contributed by atoms with van der Waals surface area (Å²) >= 11 is 0. The largest absolute Gasteiger partial charge is 0.497 e. The van der Waals surface area contributed by atoms with Crippen LogP contribution in [0.5, 0.6) is 11.5 Å². The SMILES string of the molecule is COc1ccc(OC(=O)N(C)C[C@@H]2OCc3cn(nn3)CCCC(=O)N([C@@H](C)CO)C[C@H]2C)cc1. The molecule has 0 saturated carbocycles. The molecule has 1 aliphatic heterocycles. The van der Waals surface area contributed by atoms with Crippen molar-refractivity contribution in [1.82, 2.24) is 24.8 Å². The minimum atomic E-state index is -0.531. The number of aliphatic hydroxyl groups excluding tert-OH is 1. The number of fused-ring (bicyclic) bond motifs is 2. The van der Waals surface area contributed by atoms with Crippen LogP contribution in [0.1, 0.15) is 32.4 Å². The highest BCUT2D eigenvalue weighted by Crippen LogP contribution is 2.20. The summed E-state index contributed by atoms with van der Waals surface area (Å²) in [6.45, 7) is 5.06. The lowest BCUT2D eigenvalue weighted by atomic mass is 10.0. The number of nitrogens with zero attached hydrogens (tertiary/aromatic N) is 5. The summed E-state index contributed by atoms with van der Waals surface area (Å²) in [5, 5.41) is 18.0. The molecule has 1 aliphatic rings. The van der Waals surface area contributed by atoms with Crippen LogP contribution in [0.3, 0.4) is 0 Å². The average Bonchev–Trinajstić information content (AvgIpc) is 3.31. The fourth-order valence-corrected chi connectivity index (χ4v) is 3.86. The summed E-state index contributed by atoms with van der Waals surface area (Å²) in [5.41, 5.74) is 0.678. The third-order valence-electron chi connectivity index (χ3n) is 6.08. The van der Waals surface area contributed by atoms with Crippen molar-refractivity contribution in [2.24, 2.45) is 5.92 Å². The first-order chi connectivity index (χ1) is 16.8. The number of rotatable bonds is 6. The zero-order valence-corrected chi connectivity index (χ0v) is 20.8. The van der Waals surface area contributed by atoms with Crippen LogP contribution >= 0.6 is 0 Å².